The lowest BCUT2D eigenvalue weighted by atomic mass is 9.96. The molecule has 0 saturated heterocycles. The van der Waals surface area contributed by atoms with E-state index in [0.29, 0.717) is 0 Å². The average molecular weight is 177 g/mol. The van der Waals surface area contributed by atoms with E-state index >= 15 is 0 Å². The van der Waals surface area contributed by atoms with Gasteiger partial charge in [-0.2, -0.15) is 0 Å². The van der Waals surface area contributed by atoms with Gasteiger partial charge in [0.25, 0.3) is 0 Å². The Morgan fingerprint density at radius 2 is 2.17 bits per heavy atom. The first-order chi connectivity index (χ1) is 5.95. The fraction of sp³-hybridized carbons (Fsp3) is 0.400. The van der Waals surface area contributed by atoms with Gasteiger partial charge < -0.3 is 4.98 Å². The first kappa shape index (κ1) is 6.72. The van der Waals surface area contributed by atoms with Crippen LogP contribution in [0, 0.1) is 0 Å². The number of rotatable bonds is 0. The molecule has 1 aliphatic carbocycles. The summed E-state index contributed by atoms with van der Waals surface area (Å²) in [5, 5.41) is 3.66. The predicted octanol–water partition coefficient (Wildman–Crippen LogP) is 3.11. The number of hydrogen-bond acceptors (Lipinski definition) is 1. The van der Waals surface area contributed by atoms with Gasteiger partial charge in [-0.15, -0.1) is 11.3 Å². The SMILES string of the molecule is c1cc2c3c([nH]c2s1)CCCC3. The Hall–Kier alpha value is -0.760. The standard InChI is InChI=1S/C10H11NS/c1-2-4-9-7(3-1)8-5-6-12-10(8)11-9/h5-6,11H,1-4H2. The van der Waals surface area contributed by atoms with Crippen LogP contribution in [0.2, 0.25) is 0 Å². The maximum atomic E-state index is 3.51. The number of aromatic amines is 1. The van der Waals surface area contributed by atoms with Crippen LogP contribution in [0.5, 0.6) is 0 Å². The highest BCUT2D eigenvalue weighted by Crippen LogP contribution is 2.31. The summed E-state index contributed by atoms with van der Waals surface area (Å²) in [6, 6.07) is 2.25. The second kappa shape index (κ2) is 2.36. The lowest BCUT2D eigenvalue weighted by molar-refractivity contribution is 0.680. The van der Waals surface area contributed by atoms with Gasteiger partial charge in [-0.1, -0.05) is 0 Å². The molecule has 1 aliphatic rings. The Bertz CT molecular complexity index is 410. The highest BCUT2D eigenvalue weighted by Gasteiger charge is 2.14. The summed E-state index contributed by atoms with van der Waals surface area (Å²) in [6.07, 6.45) is 5.28. The zero-order valence-corrected chi connectivity index (χ0v) is 7.71. The molecule has 2 aromatic heterocycles. The van der Waals surface area contributed by atoms with Crippen LogP contribution in [-0.2, 0) is 12.8 Å². The number of thiophene rings is 1. The molecule has 0 fully saturated rings. The molecular weight excluding hydrogens is 166 g/mol. The topological polar surface area (TPSA) is 15.8 Å². The summed E-state index contributed by atoms with van der Waals surface area (Å²) < 4.78 is 0. The zero-order valence-electron chi connectivity index (χ0n) is 6.89. The molecule has 12 heavy (non-hydrogen) atoms. The summed E-state index contributed by atoms with van der Waals surface area (Å²) >= 11 is 1.83. The molecule has 3 rings (SSSR count). The van der Waals surface area contributed by atoms with Gasteiger partial charge in [0.1, 0.15) is 4.83 Å². The molecule has 2 heteroatoms. The maximum Gasteiger partial charge on any atom is 0.100 e. The third kappa shape index (κ3) is 0.787. The molecule has 0 aromatic carbocycles. The number of fused-ring (bicyclic) bond motifs is 3. The largest absolute Gasteiger partial charge is 0.350 e. The predicted molar refractivity (Wildman–Crippen MR) is 52.8 cm³/mol. The molecule has 0 spiro atoms. The Kier molecular flexibility index (Phi) is 1.32. The van der Waals surface area contributed by atoms with Crippen LogP contribution >= 0.6 is 11.3 Å². The van der Waals surface area contributed by atoms with E-state index in [1.807, 2.05) is 11.3 Å². The van der Waals surface area contributed by atoms with Crippen LogP contribution in [0.1, 0.15) is 24.1 Å². The van der Waals surface area contributed by atoms with E-state index in [1.165, 1.54) is 41.6 Å². The van der Waals surface area contributed by atoms with Crippen molar-refractivity contribution >= 4 is 21.6 Å². The summed E-state index contributed by atoms with van der Waals surface area (Å²) in [5.41, 5.74) is 3.10. The number of hydrogen-bond donors (Lipinski definition) is 1. The molecular formula is C10H11NS. The summed E-state index contributed by atoms with van der Waals surface area (Å²) in [7, 11) is 0. The maximum absolute atomic E-state index is 3.51. The van der Waals surface area contributed by atoms with Crippen molar-refractivity contribution in [3.63, 3.8) is 0 Å². The monoisotopic (exact) mass is 177 g/mol. The summed E-state index contributed by atoms with van der Waals surface area (Å²) in [5.74, 6) is 0. The molecule has 0 amide bonds. The lowest BCUT2D eigenvalue weighted by Gasteiger charge is -2.09. The van der Waals surface area contributed by atoms with Crippen molar-refractivity contribution in [2.75, 3.05) is 0 Å². The molecule has 0 radical (unpaired) electrons. The molecule has 62 valence electrons. The third-order valence-electron chi connectivity index (χ3n) is 2.72. The third-order valence-corrected chi connectivity index (χ3v) is 3.55. The van der Waals surface area contributed by atoms with Crippen LogP contribution < -0.4 is 0 Å². The van der Waals surface area contributed by atoms with E-state index < -0.39 is 0 Å². The molecule has 0 saturated carbocycles. The van der Waals surface area contributed by atoms with Gasteiger partial charge in [-0.3, -0.25) is 0 Å². The number of H-pyrrole nitrogens is 1. The molecule has 0 aliphatic heterocycles. The normalized spacial score (nSPS) is 16.7. The van der Waals surface area contributed by atoms with Gasteiger partial charge in [0.05, 0.1) is 0 Å². The number of aromatic nitrogens is 1. The number of aryl methyl sites for hydroxylation is 2. The molecule has 2 heterocycles. The number of nitrogens with one attached hydrogen (secondary N) is 1. The van der Waals surface area contributed by atoms with E-state index in [2.05, 4.69) is 16.4 Å². The summed E-state index contributed by atoms with van der Waals surface area (Å²) in [4.78, 5) is 4.89. The van der Waals surface area contributed by atoms with Crippen LogP contribution in [0.15, 0.2) is 11.4 Å². The fourth-order valence-electron chi connectivity index (χ4n) is 2.12. The molecule has 0 unspecified atom stereocenters. The quantitative estimate of drug-likeness (QED) is 0.636. The van der Waals surface area contributed by atoms with E-state index in [9.17, 15) is 0 Å². The van der Waals surface area contributed by atoms with Gasteiger partial charge in [0, 0.05) is 11.1 Å². The molecule has 0 bridgehead atoms. The van der Waals surface area contributed by atoms with Crippen molar-refractivity contribution in [2.24, 2.45) is 0 Å². The molecule has 1 nitrogen and oxygen atoms in total. The van der Waals surface area contributed by atoms with Crippen molar-refractivity contribution in [3.8, 4) is 0 Å². The Balaban J connectivity index is 2.34. The van der Waals surface area contributed by atoms with Crippen molar-refractivity contribution in [2.45, 2.75) is 25.7 Å². The van der Waals surface area contributed by atoms with E-state index in [0.717, 1.165) is 0 Å². The van der Waals surface area contributed by atoms with Gasteiger partial charge in [-0.25, -0.2) is 0 Å². The fourth-order valence-corrected chi connectivity index (χ4v) is 2.96. The van der Waals surface area contributed by atoms with Gasteiger partial charge >= 0.3 is 0 Å². The summed E-state index contributed by atoms with van der Waals surface area (Å²) in [6.45, 7) is 0. The van der Waals surface area contributed by atoms with E-state index in [1.54, 1.807) is 5.56 Å². The second-order valence-corrected chi connectivity index (χ2v) is 4.37. The highest BCUT2D eigenvalue weighted by molar-refractivity contribution is 7.16. The van der Waals surface area contributed by atoms with Crippen molar-refractivity contribution in [1.82, 2.24) is 4.98 Å². The Morgan fingerprint density at radius 3 is 3.17 bits per heavy atom. The lowest BCUT2D eigenvalue weighted by Crippen LogP contribution is -1.99. The van der Waals surface area contributed by atoms with E-state index in [-0.39, 0.29) is 0 Å². The van der Waals surface area contributed by atoms with Crippen LogP contribution in [-0.4, -0.2) is 4.98 Å². The minimum Gasteiger partial charge on any atom is -0.350 e. The second-order valence-electron chi connectivity index (χ2n) is 3.45. The average Bonchev–Trinajstić information content (AvgIpc) is 2.62. The van der Waals surface area contributed by atoms with Gasteiger partial charge in [-0.05, 0) is 42.7 Å². The van der Waals surface area contributed by atoms with Crippen LogP contribution in [0.3, 0.4) is 0 Å². The van der Waals surface area contributed by atoms with Gasteiger partial charge in [0.2, 0.25) is 0 Å². The minimum absolute atomic E-state index is 1.26. The molecule has 0 atom stereocenters. The Labute approximate surface area is 75.4 Å². The zero-order chi connectivity index (χ0) is 7.97. The van der Waals surface area contributed by atoms with Crippen LogP contribution in [0.25, 0.3) is 10.2 Å². The highest BCUT2D eigenvalue weighted by atomic mass is 32.1. The van der Waals surface area contributed by atoms with Crippen molar-refractivity contribution in [1.29, 1.82) is 0 Å². The molecule has 2 aromatic rings. The first-order valence-corrected chi connectivity index (χ1v) is 5.40. The van der Waals surface area contributed by atoms with Crippen molar-refractivity contribution < 1.29 is 0 Å². The molecule has 1 N–H and O–H groups in total. The van der Waals surface area contributed by atoms with Crippen molar-refractivity contribution in [3.05, 3.63) is 22.7 Å². The first-order valence-electron chi connectivity index (χ1n) is 4.52. The van der Waals surface area contributed by atoms with Gasteiger partial charge in [0.15, 0.2) is 0 Å². The smallest absolute Gasteiger partial charge is 0.100 e. The minimum atomic E-state index is 1.26. The Morgan fingerprint density at radius 1 is 1.25 bits per heavy atom. The van der Waals surface area contributed by atoms with E-state index in [4.69, 9.17) is 0 Å². The van der Waals surface area contributed by atoms with Crippen LogP contribution in [0.4, 0.5) is 0 Å².